The van der Waals surface area contributed by atoms with E-state index < -0.39 is 24.0 Å². The van der Waals surface area contributed by atoms with Crippen molar-refractivity contribution >= 4 is 29.7 Å². The highest BCUT2D eigenvalue weighted by atomic mass is 32.2. The Kier molecular flexibility index (Phi) is 10.5. The van der Waals surface area contributed by atoms with E-state index in [2.05, 4.69) is 5.32 Å². The zero-order chi connectivity index (χ0) is 16.3. The molecule has 0 aromatic heterocycles. The van der Waals surface area contributed by atoms with E-state index in [9.17, 15) is 14.4 Å². The van der Waals surface area contributed by atoms with Gasteiger partial charge >= 0.3 is 18.0 Å². The monoisotopic (exact) mass is 320 g/mol. The molecule has 0 rings (SSSR count). The van der Waals surface area contributed by atoms with Crippen LogP contribution in [0, 0.1) is 0 Å². The van der Waals surface area contributed by atoms with Crippen molar-refractivity contribution < 1.29 is 24.2 Å². The number of nitrogens with one attached hydrogen (secondary N) is 1. The molecule has 0 aromatic rings. The molecule has 0 radical (unpaired) electrons. The summed E-state index contributed by atoms with van der Waals surface area (Å²) in [6, 6.07) is -1.51. The number of ether oxygens (including phenoxy) is 1. The number of carbonyl (C=O) groups excluding carboxylic acids is 2. The molecule has 122 valence electrons. The van der Waals surface area contributed by atoms with Crippen LogP contribution in [0.25, 0.3) is 0 Å². The number of carboxylic acids is 1. The van der Waals surface area contributed by atoms with Crippen molar-refractivity contribution in [3.05, 3.63) is 0 Å². The van der Waals surface area contributed by atoms with Crippen molar-refractivity contribution in [1.82, 2.24) is 10.2 Å². The van der Waals surface area contributed by atoms with Crippen LogP contribution in [0.1, 0.15) is 26.7 Å². The second kappa shape index (κ2) is 11.2. The summed E-state index contributed by atoms with van der Waals surface area (Å²) in [6.45, 7) is 3.98. The first-order valence-corrected chi connectivity index (χ1v) is 8.28. The lowest BCUT2D eigenvalue weighted by Crippen LogP contribution is -2.50. The molecule has 21 heavy (non-hydrogen) atoms. The molecular formula is C13H24N2O5S. The minimum Gasteiger partial charge on any atom is -0.480 e. The molecule has 8 heteroatoms. The molecular weight excluding hydrogens is 296 g/mol. The lowest BCUT2D eigenvalue weighted by molar-refractivity contribution is -0.143. The number of hydrogen-bond acceptors (Lipinski definition) is 5. The topological polar surface area (TPSA) is 95.9 Å². The number of carbonyl (C=O) groups is 3. The molecule has 0 saturated carbocycles. The highest BCUT2D eigenvalue weighted by Gasteiger charge is 2.24. The predicted octanol–water partition coefficient (Wildman–Crippen LogP) is 1.18. The van der Waals surface area contributed by atoms with Crippen LogP contribution < -0.4 is 5.32 Å². The number of hydrogen-bond donors (Lipinski definition) is 2. The fourth-order valence-corrected chi connectivity index (χ4v) is 2.09. The van der Waals surface area contributed by atoms with Crippen molar-refractivity contribution in [2.75, 3.05) is 31.7 Å². The van der Waals surface area contributed by atoms with Gasteiger partial charge in [-0.25, -0.2) is 9.59 Å². The van der Waals surface area contributed by atoms with Crippen molar-refractivity contribution in [2.24, 2.45) is 0 Å². The van der Waals surface area contributed by atoms with E-state index in [1.165, 1.54) is 16.7 Å². The zero-order valence-corrected chi connectivity index (χ0v) is 13.6. The van der Waals surface area contributed by atoms with Crippen molar-refractivity contribution in [2.45, 2.75) is 32.7 Å². The Bertz CT molecular complexity index is 351. The molecule has 0 bridgehead atoms. The standard InChI is InChI=1S/C13H24N2O5S/c1-4-7-15(9-11(16)20-5-2)13(19)14-10(12(17)18)6-8-21-3/h10H,4-9H2,1-3H3,(H,14,19)(H,17,18)/t10-/m0/s1. The Morgan fingerprint density at radius 1 is 1.33 bits per heavy atom. The number of thioether (sulfide) groups is 1. The van der Waals surface area contributed by atoms with Crippen LogP contribution in [0.3, 0.4) is 0 Å². The van der Waals surface area contributed by atoms with Gasteiger partial charge < -0.3 is 20.1 Å². The van der Waals surface area contributed by atoms with Gasteiger partial charge in [0.05, 0.1) is 6.61 Å². The van der Waals surface area contributed by atoms with E-state index in [1.807, 2.05) is 13.2 Å². The molecule has 0 fully saturated rings. The van der Waals surface area contributed by atoms with Crippen molar-refractivity contribution in [1.29, 1.82) is 0 Å². The van der Waals surface area contributed by atoms with Gasteiger partial charge in [0.1, 0.15) is 12.6 Å². The molecule has 2 amide bonds. The van der Waals surface area contributed by atoms with E-state index in [0.717, 1.165) is 0 Å². The maximum absolute atomic E-state index is 12.1. The molecule has 0 saturated heterocycles. The number of amides is 2. The van der Waals surface area contributed by atoms with Gasteiger partial charge in [-0.05, 0) is 31.8 Å². The zero-order valence-electron chi connectivity index (χ0n) is 12.8. The average Bonchev–Trinajstić information content (AvgIpc) is 2.42. The fourth-order valence-electron chi connectivity index (χ4n) is 1.62. The van der Waals surface area contributed by atoms with Gasteiger partial charge in [-0.1, -0.05) is 6.92 Å². The minimum absolute atomic E-state index is 0.178. The maximum atomic E-state index is 12.1. The summed E-state index contributed by atoms with van der Waals surface area (Å²) in [5, 5.41) is 11.5. The molecule has 7 nitrogen and oxygen atoms in total. The first-order valence-electron chi connectivity index (χ1n) is 6.89. The first-order chi connectivity index (χ1) is 9.96. The molecule has 0 heterocycles. The predicted molar refractivity (Wildman–Crippen MR) is 81.5 cm³/mol. The normalized spacial score (nSPS) is 11.6. The van der Waals surface area contributed by atoms with Crippen LogP contribution in [-0.2, 0) is 14.3 Å². The Labute approximate surface area is 129 Å². The molecule has 0 spiro atoms. The summed E-state index contributed by atoms with van der Waals surface area (Å²) in [6.07, 6.45) is 2.86. The van der Waals surface area contributed by atoms with E-state index >= 15 is 0 Å². The molecule has 2 N–H and O–H groups in total. The van der Waals surface area contributed by atoms with Crippen molar-refractivity contribution in [3.63, 3.8) is 0 Å². The number of aliphatic carboxylic acids is 1. The summed E-state index contributed by atoms with van der Waals surface area (Å²) in [7, 11) is 0. The van der Waals surface area contributed by atoms with Crippen molar-refractivity contribution in [3.8, 4) is 0 Å². The summed E-state index contributed by atoms with van der Waals surface area (Å²) < 4.78 is 4.81. The van der Waals surface area contributed by atoms with Gasteiger partial charge in [0.2, 0.25) is 0 Å². The SMILES string of the molecule is CCCN(CC(=O)OCC)C(=O)N[C@@H](CCSC)C(=O)O. The van der Waals surface area contributed by atoms with E-state index in [1.54, 1.807) is 6.92 Å². The van der Waals surface area contributed by atoms with Gasteiger partial charge in [0.25, 0.3) is 0 Å². The highest BCUT2D eigenvalue weighted by Crippen LogP contribution is 2.03. The highest BCUT2D eigenvalue weighted by molar-refractivity contribution is 7.98. The van der Waals surface area contributed by atoms with E-state index in [-0.39, 0.29) is 13.2 Å². The first kappa shape index (κ1) is 19.6. The number of rotatable bonds is 10. The summed E-state index contributed by atoms with van der Waals surface area (Å²) in [5.41, 5.74) is 0. The van der Waals surface area contributed by atoms with Gasteiger partial charge in [-0.3, -0.25) is 4.79 Å². The lowest BCUT2D eigenvalue weighted by Gasteiger charge is -2.24. The third-order valence-electron chi connectivity index (χ3n) is 2.61. The minimum atomic E-state index is -1.08. The third-order valence-corrected chi connectivity index (χ3v) is 3.26. The van der Waals surface area contributed by atoms with E-state index in [0.29, 0.717) is 25.1 Å². The Morgan fingerprint density at radius 3 is 2.48 bits per heavy atom. The molecule has 0 aromatic carbocycles. The molecule has 0 aliphatic rings. The fraction of sp³-hybridized carbons (Fsp3) is 0.769. The van der Waals surface area contributed by atoms with Gasteiger partial charge in [0, 0.05) is 6.54 Å². The van der Waals surface area contributed by atoms with Crippen LogP contribution in [0.4, 0.5) is 4.79 Å². The number of carboxylic acid groups (broad SMARTS) is 1. The number of esters is 1. The van der Waals surface area contributed by atoms with Gasteiger partial charge in [-0.2, -0.15) is 11.8 Å². The summed E-state index contributed by atoms with van der Waals surface area (Å²) >= 11 is 1.51. The molecule has 0 unspecified atom stereocenters. The summed E-state index contributed by atoms with van der Waals surface area (Å²) in [5.74, 6) is -0.954. The average molecular weight is 320 g/mol. The maximum Gasteiger partial charge on any atom is 0.326 e. The molecule has 0 aliphatic heterocycles. The Hall–Kier alpha value is -1.44. The Morgan fingerprint density at radius 2 is 2.00 bits per heavy atom. The van der Waals surface area contributed by atoms with Crippen LogP contribution in [0.15, 0.2) is 0 Å². The van der Waals surface area contributed by atoms with Gasteiger partial charge in [-0.15, -0.1) is 0 Å². The summed E-state index contributed by atoms with van der Waals surface area (Å²) in [4.78, 5) is 35.9. The van der Waals surface area contributed by atoms with Crippen LogP contribution in [0.5, 0.6) is 0 Å². The largest absolute Gasteiger partial charge is 0.480 e. The number of urea groups is 1. The number of nitrogens with zero attached hydrogens (tertiary/aromatic N) is 1. The van der Waals surface area contributed by atoms with Crippen LogP contribution in [-0.4, -0.2) is 65.7 Å². The molecule has 0 aliphatic carbocycles. The third kappa shape index (κ3) is 8.44. The quantitative estimate of drug-likeness (QED) is 0.587. The second-order valence-electron chi connectivity index (χ2n) is 4.35. The van der Waals surface area contributed by atoms with Crippen LogP contribution in [0.2, 0.25) is 0 Å². The lowest BCUT2D eigenvalue weighted by atomic mass is 10.2. The Balaban J connectivity index is 4.62. The second-order valence-corrected chi connectivity index (χ2v) is 5.33. The van der Waals surface area contributed by atoms with Crippen LogP contribution >= 0.6 is 11.8 Å². The smallest absolute Gasteiger partial charge is 0.326 e. The van der Waals surface area contributed by atoms with E-state index in [4.69, 9.17) is 9.84 Å². The van der Waals surface area contributed by atoms with Gasteiger partial charge in [0.15, 0.2) is 0 Å². The molecule has 1 atom stereocenters.